The van der Waals surface area contributed by atoms with Crippen molar-refractivity contribution in [2.75, 3.05) is 7.11 Å². The highest BCUT2D eigenvalue weighted by molar-refractivity contribution is 5.96. The summed E-state index contributed by atoms with van der Waals surface area (Å²) < 4.78 is 5.02. The van der Waals surface area contributed by atoms with E-state index < -0.39 is 5.60 Å². The smallest absolute Gasteiger partial charge is 0.186 e. The molecule has 0 N–H and O–H groups in total. The molecule has 1 atom stereocenters. The highest BCUT2D eigenvalue weighted by Crippen LogP contribution is 2.15. The van der Waals surface area contributed by atoms with E-state index in [2.05, 4.69) is 6.58 Å². The van der Waals surface area contributed by atoms with Gasteiger partial charge in [-0.2, -0.15) is 0 Å². The van der Waals surface area contributed by atoms with E-state index in [4.69, 9.17) is 4.74 Å². The van der Waals surface area contributed by atoms with Crippen molar-refractivity contribution in [3.8, 4) is 0 Å². The average molecular weight is 142 g/mol. The summed E-state index contributed by atoms with van der Waals surface area (Å²) >= 11 is 0. The van der Waals surface area contributed by atoms with Crippen LogP contribution in [0.25, 0.3) is 0 Å². The number of carbonyl (C=O) groups is 1. The number of carbonyl (C=O) groups excluding carboxylic acids is 1. The fourth-order valence-corrected chi connectivity index (χ4v) is 0.635. The standard InChI is InChI=1S/C8H14O2/c1-5-7(9)8(3,6-2)10-4/h5H,1,6H2,2-4H3. The van der Waals surface area contributed by atoms with E-state index in [9.17, 15) is 4.79 Å². The van der Waals surface area contributed by atoms with Crippen LogP contribution in [0.4, 0.5) is 0 Å². The Labute approximate surface area is 61.9 Å². The Morgan fingerprint density at radius 1 is 1.80 bits per heavy atom. The van der Waals surface area contributed by atoms with Gasteiger partial charge in [0.1, 0.15) is 5.60 Å². The molecule has 0 aromatic rings. The lowest BCUT2D eigenvalue weighted by Crippen LogP contribution is -2.35. The monoisotopic (exact) mass is 142 g/mol. The molecular formula is C8H14O2. The van der Waals surface area contributed by atoms with Crippen LogP contribution < -0.4 is 0 Å². The summed E-state index contributed by atoms with van der Waals surface area (Å²) in [7, 11) is 1.53. The minimum Gasteiger partial charge on any atom is -0.370 e. The van der Waals surface area contributed by atoms with Gasteiger partial charge in [0, 0.05) is 7.11 Å². The second kappa shape index (κ2) is 3.52. The maximum Gasteiger partial charge on any atom is 0.186 e. The maximum absolute atomic E-state index is 11.1. The van der Waals surface area contributed by atoms with E-state index >= 15 is 0 Å². The van der Waals surface area contributed by atoms with E-state index in [0.29, 0.717) is 6.42 Å². The van der Waals surface area contributed by atoms with Gasteiger partial charge < -0.3 is 4.74 Å². The second-order valence-electron chi connectivity index (χ2n) is 2.36. The van der Waals surface area contributed by atoms with Crippen LogP contribution in [-0.2, 0) is 9.53 Å². The van der Waals surface area contributed by atoms with Crippen LogP contribution in [0.15, 0.2) is 12.7 Å². The molecule has 2 nitrogen and oxygen atoms in total. The second-order valence-corrected chi connectivity index (χ2v) is 2.36. The van der Waals surface area contributed by atoms with E-state index in [1.165, 1.54) is 13.2 Å². The van der Waals surface area contributed by atoms with Gasteiger partial charge >= 0.3 is 0 Å². The van der Waals surface area contributed by atoms with E-state index in [0.717, 1.165) is 0 Å². The van der Waals surface area contributed by atoms with E-state index in [1.54, 1.807) is 6.92 Å². The van der Waals surface area contributed by atoms with E-state index in [1.807, 2.05) is 6.92 Å². The summed E-state index contributed by atoms with van der Waals surface area (Å²) in [6.45, 7) is 7.06. The van der Waals surface area contributed by atoms with E-state index in [-0.39, 0.29) is 5.78 Å². The van der Waals surface area contributed by atoms with Gasteiger partial charge in [-0.05, 0) is 19.4 Å². The van der Waals surface area contributed by atoms with Crippen LogP contribution in [0.3, 0.4) is 0 Å². The van der Waals surface area contributed by atoms with Crippen molar-refractivity contribution in [2.24, 2.45) is 0 Å². The fraction of sp³-hybridized carbons (Fsp3) is 0.625. The Balaban J connectivity index is 4.31. The predicted octanol–water partition coefficient (Wildman–Crippen LogP) is 1.56. The predicted molar refractivity (Wildman–Crippen MR) is 40.9 cm³/mol. The Morgan fingerprint density at radius 2 is 2.30 bits per heavy atom. The number of hydrogen-bond acceptors (Lipinski definition) is 2. The largest absolute Gasteiger partial charge is 0.370 e. The first-order chi connectivity index (χ1) is 4.60. The Kier molecular flexibility index (Phi) is 3.30. The third-order valence-corrected chi connectivity index (χ3v) is 1.83. The lowest BCUT2D eigenvalue weighted by atomic mass is 9.98. The zero-order chi connectivity index (χ0) is 8.20. The van der Waals surface area contributed by atoms with Gasteiger partial charge in [-0.1, -0.05) is 13.5 Å². The fourth-order valence-electron chi connectivity index (χ4n) is 0.635. The molecule has 1 unspecified atom stereocenters. The van der Waals surface area contributed by atoms with Gasteiger partial charge in [-0.3, -0.25) is 4.79 Å². The molecule has 0 aromatic heterocycles. The van der Waals surface area contributed by atoms with Gasteiger partial charge in [0.25, 0.3) is 0 Å². The molecule has 0 aliphatic heterocycles. The molecule has 2 heteroatoms. The van der Waals surface area contributed by atoms with Crippen LogP contribution in [0, 0.1) is 0 Å². The minimum absolute atomic E-state index is 0.0579. The quantitative estimate of drug-likeness (QED) is 0.557. The van der Waals surface area contributed by atoms with Gasteiger partial charge in [0.05, 0.1) is 0 Å². The van der Waals surface area contributed by atoms with Gasteiger partial charge in [-0.25, -0.2) is 0 Å². The van der Waals surface area contributed by atoms with Crippen LogP contribution in [0.1, 0.15) is 20.3 Å². The van der Waals surface area contributed by atoms with Gasteiger partial charge in [0.15, 0.2) is 5.78 Å². The molecule has 0 bridgehead atoms. The average Bonchev–Trinajstić information content (AvgIpc) is 2.01. The Hall–Kier alpha value is -0.630. The molecule has 0 saturated heterocycles. The van der Waals surface area contributed by atoms with Crippen molar-refractivity contribution in [3.63, 3.8) is 0 Å². The highest BCUT2D eigenvalue weighted by atomic mass is 16.5. The van der Waals surface area contributed by atoms with Crippen molar-refractivity contribution in [1.82, 2.24) is 0 Å². The van der Waals surface area contributed by atoms with Crippen LogP contribution >= 0.6 is 0 Å². The van der Waals surface area contributed by atoms with Crippen molar-refractivity contribution >= 4 is 5.78 Å². The van der Waals surface area contributed by atoms with Crippen LogP contribution in [0.2, 0.25) is 0 Å². The van der Waals surface area contributed by atoms with Crippen LogP contribution in [-0.4, -0.2) is 18.5 Å². The number of methoxy groups -OCH3 is 1. The number of ether oxygens (including phenoxy) is 1. The SMILES string of the molecule is C=CC(=O)C(C)(CC)OC. The molecular weight excluding hydrogens is 128 g/mol. The van der Waals surface area contributed by atoms with Crippen molar-refractivity contribution in [2.45, 2.75) is 25.9 Å². The molecule has 10 heavy (non-hydrogen) atoms. The topological polar surface area (TPSA) is 26.3 Å². The molecule has 0 radical (unpaired) electrons. The molecule has 0 aliphatic carbocycles. The lowest BCUT2D eigenvalue weighted by Gasteiger charge is -2.22. The third-order valence-electron chi connectivity index (χ3n) is 1.83. The molecule has 0 heterocycles. The summed E-state index contributed by atoms with van der Waals surface area (Å²) in [6, 6.07) is 0. The molecule has 0 saturated carbocycles. The zero-order valence-corrected chi connectivity index (χ0v) is 6.81. The summed E-state index contributed by atoms with van der Waals surface area (Å²) in [4.78, 5) is 11.1. The minimum atomic E-state index is -0.665. The number of hydrogen-bond donors (Lipinski definition) is 0. The highest BCUT2D eigenvalue weighted by Gasteiger charge is 2.27. The Bertz CT molecular complexity index is 134. The lowest BCUT2D eigenvalue weighted by molar-refractivity contribution is -0.134. The van der Waals surface area contributed by atoms with Gasteiger partial charge in [0.2, 0.25) is 0 Å². The van der Waals surface area contributed by atoms with Gasteiger partial charge in [-0.15, -0.1) is 0 Å². The third kappa shape index (κ3) is 1.67. The molecule has 0 amide bonds. The first-order valence-electron chi connectivity index (χ1n) is 3.32. The normalized spacial score (nSPS) is 15.9. The summed E-state index contributed by atoms with van der Waals surface area (Å²) in [5, 5.41) is 0. The summed E-state index contributed by atoms with van der Waals surface area (Å²) in [6.07, 6.45) is 1.97. The number of rotatable bonds is 4. The summed E-state index contributed by atoms with van der Waals surface area (Å²) in [5.41, 5.74) is -0.665. The Morgan fingerprint density at radius 3 is 2.40 bits per heavy atom. The first kappa shape index (κ1) is 9.37. The zero-order valence-electron chi connectivity index (χ0n) is 6.81. The van der Waals surface area contributed by atoms with Crippen molar-refractivity contribution in [1.29, 1.82) is 0 Å². The molecule has 58 valence electrons. The van der Waals surface area contributed by atoms with Crippen LogP contribution in [0.5, 0.6) is 0 Å². The molecule has 0 aromatic carbocycles. The van der Waals surface area contributed by atoms with Crippen molar-refractivity contribution in [3.05, 3.63) is 12.7 Å². The molecule has 0 rings (SSSR count). The molecule has 0 fully saturated rings. The number of ketones is 1. The molecule has 0 spiro atoms. The van der Waals surface area contributed by atoms with Crippen molar-refractivity contribution < 1.29 is 9.53 Å². The first-order valence-corrected chi connectivity index (χ1v) is 3.32. The maximum atomic E-state index is 11.1. The summed E-state index contributed by atoms with van der Waals surface area (Å²) in [5.74, 6) is -0.0579. The molecule has 0 aliphatic rings.